The monoisotopic (exact) mass is 192 g/mol. The Hall–Kier alpha value is -0.830. The summed E-state index contributed by atoms with van der Waals surface area (Å²) in [7, 11) is 0. The molecule has 1 N–H and O–H groups in total. The molecule has 2 fully saturated rings. The van der Waals surface area contributed by atoms with E-state index in [2.05, 4.69) is 10.3 Å². The normalized spacial score (nSPS) is 21.4. The molecule has 1 aromatic heterocycles. The van der Waals surface area contributed by atoms with Crippen LogP contribution in [0, 0.1) is 5.92 Å². The van der Waals surface area contributed by atoms with Gasteiger partial charge in [-0.1, -0.05) is 0 Å². The van der Waals surface area contributed by atoms with Gasteiger partial charge in [0.15, 0.2) is 6.39 Å². The predicted molar refractivity (Wildman–Crippen MR) is 52.8 cm³/mol. The molecular weight excluding hydrogens is 176 g/mol. The van der Waals surface area contributed by atoms with E-state index < -0.39 is 0 Å². The van der Waals surface area contributed by atoms with Crippen LogP contribution in [0.4, 0.5) is 0 Å². The highest BCUT2D eigenvalue weighted by Crippen LogP contribution is 2.33. The summed E-state index contributed by atoms with van der Waals surface area (Å²) in [5.41, 5.74) is 1.13. The molecule has 3 heteroatoms. The summed E-state index contributed by atoms with van der Waals surface area (Å²) in [5.74, 6) is 1.99. The Kier molecular flexibility index (Phi) is 2.05. The molecule has 14 heavy (non-hydrogen) atoms. The molecule has 2 saturated carbocycles. The zero-order valence-corrected chi connectivity index (χ0v) is 8.33. The zero-order chi connectivity index (χ0) is 9.38. The third kappa shape index (κ3) is 1.98. The number of oxazole rings is 1. The largest absolute Gasteiger partial charge is 0.448 e. The summed E-state index contributed by atoms with van der Waals surface area (Å²) < 4.78 is 5.42. The van der Waals surface area contributed by atoms with E-state index in [9.17, 15) is 0 Å². The molecule has 0 radical (unpaired) electrons. The topological polar surface area (TPSA) is 38.1 Å². The molecule has 0 amide bonds. The first kappa shape index (κ1) is 8.48. The molecule has 0 aromatic carbocycles. The van der Waals surface area contributed by atoms with E-state index in [0.29, 0.717) is 0 Å². The lowest BCUT2D eigenvalue weighted by molar-refractivity contribution is 0.486. The molecule has 2 aliphatic carbocycles. The maximum Gasteiger partial charge on any atom is 0.181 e. The van der Waals surface area contributed by atoms with Crippen LogP contribution in [0.15, 0.2) is 10.8 Å². The van der Waals surface area contributed by atoms with Crippen molar-refractivity contribution in [2.75, 3.05) is 0 Å². The zero-order valence-electron chi connectivity index (χ0n) is 8.33. The van der Waals surface area contributed by atoms with Crippen molar-refractivity contribution in [1.29, 1.82) is 0 Å². The van der Waals surface area contributed by atoms with E-state index in [1.165, 1.54) is 25.7 Å². The highest BCUT2D eigenvalue weighted by Gasteiger charge is 2.26. The fraction of sp³-hybridized carbons (Fsp3) is 0.727. The summed E-state index contributed by atoms with van der Waals surface area (Å²) in [6.07, 6.45) is 8.08. The lowest BCUT2D eigenvalue weighted by Crippen LogP contribution is -2.16. The Balaban J connectivity index is 1.59. The van der Waals surface area contributed by atoms with Crippen molar-refractivity contribution >= 4 is 0 Å². The lowest BCUT2D eigenvalue weighted by Gasteiger charge is -2.01. The molecule has 0 saturated heterocycles. The fourth-order valence-corrected chi connectivity index (χ4v) is 1.72. The molecule has 0 unspecified atom stereocenters. The van der Waals surface area contributed by atoms with Gasteiger partial charge in [-0.05, 0) is 31.6 Å². The van der Waals surface area contributed by atoms with Crippen LogP contribution in [0.2, 0.25) is 0 Å². The van der Waals surface area contributed by atoms with Crippen molar-refractivity contribution < 1.29 is 4.42 Å². The van der Waals surface area contributed by atoms with Crippen LogP contribution in [0.1, 0.15) is 37.1 Å². The van der Waals surface area contributed by atoms with Gasteiger partial charge in [0.2, 0.25) is 0 Å². The molecular formula is C11H16N2O. The van der Waals surface area contributed by atoms with Gasteiger partial charge in [-0.15, -0.1) is 0 Å². The van der Waals surface area contributed by atoms with Gasteiger partial charge >= 0.3 is 0 Å². The minimum absolute atomic E-state index is 0.750. The summed E-state index contributed by atoms with van der Waals surface area (Å²) in [4.78, 5) is 4.27. The van der Waals surface area contributed by atoms with Crippen LogP contribution >= 0.6 is 0 Å². The van der Waals surface area contributed by atoms with Crippen LogP contribution in [0.25, 0.3) is 0 Å². The molecule has 0 bridgehead atoms. The maximum absolute atomic E-state index is 5.42. The van der Waals surface area contributed by atoms with Gasteiger partial charge in [-0.25, -0.2) is 4.98 Å². The average molecular weight is 192 g/mol. The molecule has 76 valence electrons. The van der Waals surface area contributed by atoms with Gasteiger partial charge in [-0.2, -0.15) is 0 Å². The predicted octanol–water partition coefficient (Wildman–Crippen LogP) is 1.88. The lowest BCUT2D eigenvalue weighted by atomic mass is 10.2. The number of nitrogens with one attached hydrogen (secondary N) is 1. The Morgan fingerprint density at radius 3 is 2.93 bits per heavy atom. The molecule has 0 aliphatic heterocycles. The van der Waals surface area contributed by atoms with Crippen LogP contribution in [0.5, 0.6) is 0 Å². The van der Waals surface area contributed by atoms with E-state index in [1.54, 1.807) is 6.39 Å². The second-order valence-electron chi connectivity index (χ2n) is 4.52. The number of rotatable bonds is 5. The van der Waals surface area contributed by atoms with Crippen molar-refractivity contribution in [3.8, 4) is 0 Å². The van der Waals surface area contributed by atoms with E-state index in [4.69, 9.17) is 4.42 Å². The Morgan fingerprint density at radius 2 is 2.21 bits per heavy atom. The van der Waals surface area contributed by atoms with Crippen LogP contribution in [0.3, 0.4) is 0 Å². The third-order valence-electron chi connectivity index (χ3n) is 3.03. The van der Waals surface area contributed by atoms with Crippen molar-refractivity contribution in [2.45, 2.75) is 44.7 Å². The van der Waals surface area contributed by atoms with Crippen LogP contribution in [-0.4, -0.2) is 11.0 Å². The molecule has 3 nitrogen and oxygen atoms in total. The van der Waals surface area contributed by atoms with Gasteiger partial charge < -0.3 is 9.73 Å². The second kappa shape index (κ2) is 3.39. The molecule has 0 spiro atoms. The number of hydrogen-bond donors (Lipinski definition) is 1. The molecule has 3 rings (SSSR count). The van der Waals surface area contributed by atoms with Gasteiger partial charge in [0.25, 0.3) is 0 Å². The van der Waals surface area contributed by atoms with Gasteiger partial charge in [0.1, 0.15) is 5.76 Å². The van der Waals surface area contributed by atoms with E-state index >= 15 is 0 Å². The first-order valence-electron chi connectivity index (χ1n) is 5.56. The molecule has 1 heterocycles. The van der Waals surface area contributed by atoms with Gasteiger partial charge in [-0.3, -0.25) is 0 Å². The van der Waals surface area contributed by atoms with Crippen LogP contribution in [-0.2, 0) is 13.0 Å². The Labute approximate surface area is 83.9 Å². The quantitative estimate of drug-likeness (QED) is 0.774. The summed E-state index contributed by atoms with van der Waals surface area (Å²) >= 11 is 0. The number of aromatic nitrogens is 1. The van der Waals surface area contributed by atoms with Crippen LogP contribution < -0.4 is 5.32 Å². The second-order valence-corrected chi connectivity index (χ2v) is 4.52. The Bertz CT molecular complexity index is 313. The molecule has 1 aromatic rings. The van der Waals surface area contributed by atoms with Crippen molar-refractivity contribution in [3.63, 3.8) is 0 Å². The highest BCUT2D eigenvalue weighted by molar-refractivity contribution is 5.09. The first-order valence-corrected chi connectivity index (χ1v) is 5.56. The van der Waals surface area contributed by atoms with E-state index in [1.807, 2.05) is 0 Å². The molecule has 0 atom stereocenters. The van der Waals surface area contributed by atoms with Crippen molar-refractivity contribution in [1.82, 2.24) is 10.3 Å². The fourth-order valence-electron chi connectivity index (χ4n) is 1.72. The summed E-state index contributed by atoms with van der Waals surface area (Å²) in [5, 5.41) is 3.47. The summed E-state index contributed by atoms with van der Waals surface area (Å²) in [6.45, 7) is 0.892. The number of hydrogen-bond acceptors (Lipinski definition) is 3. The Morgan fingerprint density at radius 1 is 1.36 bits per heavy atom. The smallest absolute Gasteiger partial charge is 0.181 e. The minimum atomic E-state index is 0.750. The van der Waals surface area contributed by atoms with Gasteiger partial charge in [0, 0.05) is 19.0 Å². The van der Waals surface area contributed by atoms with E-state index in [-0.39, 0.29) is 0 Å². The first-order chi connectivity index (χ1) is 6.92. The number of nitrogens with zero attached hydrogens (tertiary/aromatic N) is 1. The average Bonchev–Trinajstić information content (AvgIpc) is 3.05. The standard InChI is InChI=1S/C11H16N2O/c1-2-8(1)5-11-10(13-7-14-11)6-12-9-3-4-9/h7-9,12H,1-6H2. The minimum Gasteiger partial charge on any atom is -0.448 e. The third-order valence-corrected chi connectivity index (χ3v) is 3.03. The van der Waals surface area contributed by atoms with Crippen molar-refractivity contribution in [2.24, 2.45) is 5.92 Å². The van der Waals surface area contributed by atoms with E-state index in [0.717, 1.165) is 36.4 Å². The maximum atomic E-state index is 5.42. The molecule has 2 aliphatic rings. The summed E-state index contributed by atoms with van der Waals surface area (Å²) in [6, 6.07) is 0.750. The SMILES string of the molecule is c1nc(CNC2CC2)c(CC2CC2)o1. The van der Waals surface area contributed by atoms with Crippen molar-refractivity contribution in [3.05, 3.63) is 17.8 Å². The van der Waals surface area contributed by atoms with Gasteiger partial charge in [0.05, 0.1) is 5.69 Å². The highest BCUT2D eigenvalue weighted by atomic mass is 16.3.